The number of hydrogen-bond acceptors (Lipinski definition) is 1. The Labute approximate surface area is 90.0 Å². The highest BCUT2D eigenvalue weighted by molar-refractivity contribution is 4.95. The molecule has 0 rings (SSSR count). The van der Waals surface area contributed by atoms with E-state index in [1.165, 1.54) is 37.7 Å². The molecule has 0 aliphatic carbocycles. The third kappa shape index (κ3) is 6.20. The Balaban J connectivity index is 3.72. The van der Waals surface area contributed by atoms with Gasteiger partial charge >= 0.3 is 0 Å². The van der Waals surface area contributed by atoms with E-state index in [1.54, 1.807) is 0 Å². The average Bonchev–Trinajstić information content (AvgIpc) is 2.14. The Morgan fingerprint density at radius 3 is 2.43 bits per heavy atom. The average molecular weight is 197 g/mol. The summed E-state index contributed by atoms with van der Waals surface area (Å²) < 4.78 is 0. The van der Waals surface area contributed by atoms with E-state index in [0.717, 1.165) is 5.92 Å². The van der Waals surface area contributed by atoms with Crippen molar-refractivity contribution >= 4 is 0 Å². The van der Waals surface area contributed by atoms with Gasteiger partial charge in [0.25, 0.3) is 0 Å². The van der Waals surface area contributed by atoms with Crippen LogP contribution in [0, 0.1) is 5.92 Å². The Hall–Kier alpha value is -0.300. The Morgan fingerprint density at radius 1 is 1.36 bits per heavy atom. The zero-order valence-electron chi connectivity index (χ0n) is 10.4. The largest absolute Gasteiger partial charge is 0.317 e. The molecule has 0 saturated heterocycles. The Bertz CT molecular complexity index is 147. The van der Waals surface area contributed by atoms with E-state index in [0.29, 0.717) is 6.04 Å². The number of nitrogens with one attached hydrogen (secondary N) is 1. The quantitative estimate of drug-likeness (QED) is 0.584. The normalized spacial score (nSPS) is 15.1. The number of rotatable bonds is 8. The molecule has 0 bridgehead atoms. The molecule has 2 unspecified atom stereocenters. The fourth-order valence-electron chi connectivity index (χ4n) is 2.01. The maximum atomic E-state index is 4.12. The van der Waals surface area contributed by atoms with Gasteiger partial charge in [-0.3, -0.25) is 0 Å². The maximum absolute atomic E-state index is 4.12. The molecule has 0 fully saturated rings. The highest BCUT2D eigenvalue weighted by Crippen LogP contribution is 2.19. The van der Waals surface area contributed by atoms with Crippen molar-refractivity contribution in [2.75, 3.05) is 7.05 Å². The summed E-state index contributed by atoms with van der Waals surface area (Å²) in [6.45, 7) is 10.9. The van der Waals surface area contributed by atoms with Gasteiger partial charge < -0.3 is 5.32 Å². The summed E-state index contributed by atoms with van der Waals surface area (Å²) in [6.07, 6.45) is 6.12. The third-order valence-electron chi connectivity index (χ3n) is 2.83. The molecule has 14 heavy (non-hydrogen) atoms. The topological polar surface area (TPSA) is 12.0 Å². The summed E-state index contributed by atoms with van der Waals surface area (Å²) in [6, 6.07) is 0.680. The van der Waals surface area contributed by atoms with Crippen molar-refractivity contribution in [3.63, 3.8) is 0 Å². The van der Waals surface area contributed by atoms with Gasteiger partial charge in [-0.25, -0.2) is 0 Å². The molecule has 0 aromatic carbocycles. The lowest BCUT2D eigenvalue weighted by Gasteiger charge is -2.19. The molecule has 0 heterocycles. The second kappa shape index (κ2) is 8.05. The van der Waals surface area contributed by atoms with Crippen LogP contribution in [-0.2, 0) is 0 Å². The lowest BCUT2D eigenvalue weighted by atomic mass is 9.92. The summed E-state index contributed by atoms with van der Waals surface area (Å²) in [5, 5.41) is 3.36. The summed E-state index contributed by atoms with van der Waals surface area (Å²) in [5.41, 5.74) is 1.42. The first-order valence-corrected chi connectivity index (χ1v) is 5.97. The van der Waals surface area contributed by atoms with Crippen molar-refractivity contribution in [3.8, 4) is 0 Å². The highest BCUT2D eigenvalue weighted by atomic mass is 14.9. The molecule has 1 heteroatoms. The van der Waals surface area contributed by atoms with Crippen LogP contribution in [0.4, 0.5) is 0 Å². The van der Waals surface area contributed by atoms with Crippen LogP contribution >= 0.6 is 0 Å². The lowest BCUT2D eigenvalue weighted by Crippen LogP contribution is -2.26. The van der Waals surface area contributed by atoms with E-state index < -0.39 is 0 Å². The van der Waals surface area contributed by atoms with Crippen molar-refractivity contribution in [2.24, 2.45) is 5.92 Å². The fraction of sp³-hybridized carbons (Fsp3) is 0.846. The van der Waals surface area contributed by atoms with Gasteiger partial charge in [0.15, 0.2) is 0 Å². The fourth-order valence-corrected chi connectivity index (χ4v) is 2.01. The van der Waals surface area contributed by atoms with E-state index in [1.807, 2.05) is 0 Å². The zero-order chi connectivity index (χ0) is 11.0. The van der Waals surface area contributed by atoms with Gasteiger partial charge in [0.1, 0.15) is 0 Å². The minimum atomic E-state index is 0.680. The Kier molecular flexibility index (Phi) is 7.87. The minimum Gasteiger partial charge on any atom is -0.317 e. The molecule has 2 atom stereocenters. The molecule has 0 saturated carbocycles. The van der Waals surface area contributed by atoms with Gasteiger partial charge in [0.2, 0.25) is 0 Å². The molecular weight excluding hydrogens is 170 g/mol. The molecule has 0 aliphatic heterocycles. The third-order valence-corrected chi connectivity index (χ3v) is 2.83. The molecule has 1 N–H and O–H groups in total. The first-order valence-electron chi connectivity index (χ1n) is 5.97. The van der Waals surface area contributed by atoms with Crippen molar-refractivity contribution in [1.82, 2.24) is 5.32 Å². The molecule has 0 radical (unpaired) electrons. The zero-order valence-corrected chi connectivity index (χ0v) is 10.4. The predicted octanol–water partition coefficient (Wildman–Crippen LogP) is 3.76. The molecule has 0 aromatic rings. The first kappa shape index (κ1) is 13.7. The molecule has 84 valence electrons. The maximum Gasteiger partial charge on any atom is 0.00640 e. The van der Waals surface area contributed by atoms with Gasteiger partial charge in [-0.05, 0) is 38.6 Å². The summed E-state index contributed by atoms with van der Waals surface area (Å²) in [4.78, 5) is 0. The van der Waals surface area contributed by atoms with Crippen LogP contribution in [0.1, 0.15) is 52.9 Å². The number of allylic oxidation sites excluding steroid dienone is 1. The highest BCUT2D eigenvalue weighted by Gasteiger charge is 2.10. The van der Waals surface area contributed by atoms with Crippen molar-refractivity contribution < 1.29 is 0 Å². The second-order valence-electron chi connectivity index (χ2n) is 4.44. The molecule has 0 aromatic heterocycles. The summed E-state index contributed by atoms with van der Waals surface area (Å²) in [7, 11) is 2.06. The van der Waals surface area contributed by atoms with Crippen LogP contribution < -0.4 is 5.32 Å². The van der Waals surface area contributed by atoms with Crippen LogP contribution in [0.25, 0.3) is 0 Å². The van der Waals surface area contributed by atoms with Gasteiger partial charge in [0.05, 0.1) is 0 Å². The van der Waals surface area contributed by atoms with Crippen molar-refractivity contribution in [2.45, 2.75) is 58.9 Å². The van der Waals surface area contributed by atoms with Gasteiger partial charge in [-0.15, -0.1) is 0 Å². The van der Waals surface area contributed by atoms with Crippen molar-refractivity contribution in [1.29, 1.82) is 0 Å². The first-order chi connectivity index (χ1) is 6.63. The van der Waals surface area contributed by atoms with Gasteiger partial charge in [-0.1, -0.05) is 39.3 Å². The van der Waals surface area contributed by atoms with Crippen molar-refractivity contribution in [3.05, 3.63) is 12.2 Å². The summed E-state index contributed by atoms with van der Waals surface area (Å²) >= 11 is 0. The van der Waals surface area contributed by atoms with Gasteiger partial charge in [0, 0.05) is 6.04 Å². The number of hydrogen-bond donors (Lipinski definition) is 1. The molecular formula is C13H27N. The second-order valence-corrected chi connectivity index (χ2v) is 4.44. The molecule has 0 spiro atoms. The van der Waals surface area contributed by atoms with E-state index >= 15 is 0 Å². The standard InChI is InChI=1S/C13H27N/c1-6-8-11(3)9-12(4)10-13(7-2)14-5/h12-14H,3,6-10H2,1-2,4-5H3. The Morgan fingerprint density at radius 2 is 2.00 bits per heavy atom. The monoisotopic (exact) mass is 197 g/mol. The van der Waals surface area contributed by atoms with E-state index in [-0.39, 0.29) is 0 Å². The van der Waals surface area contributed by atoms with Crippen LogP contribution in [-0.4, -0.2) is 13.1 Å². The molecule has 0 amide bonds. The molecule has 1 nitrogen and oxygen atoms in total. The predicted molar refractivity (Wildman–Crippen MR) is 65.6 cm³/mol. The SMILES string of the molecule is C=C(CCC)CC(C)CC(CC)NC. The van der Waals surface area contributed by atoms with Crippen LogP contribution in [0.3, 0.4) is 0 Å². The van der Waals surface area contributed by atoms with E-state index in [4.69, 9.17) is 0 Å². The summed E-state index contributed by atoms with van der Waals surface area (Å²) in [5.74, 6) is 0.770. The molecule has 0 aliphatic rings. The van der Waals surface area contributed by atoms with E-state index in [9.17, 15) is 0 Å². The van der Waals surface area contributed by atoms with E-state index in [2.05, 4.69) is 39.7 Å². The van der Waals surface area contributed by atoms with Crippen LogP contribution in [0.15, 0.2) is 12.2 Å². The minimum absolute atomic E-state index is 0.680. The van der Waals surface area contributed by atoms with Gasteiger partial charge in [-0.2, -0.15) is 0 Å². The van der Waals surface area contributed by atoms with Crippen LogP contribution in [0.2, 0.25) is 0 Å². The lowest BCUT2D eigenvalue weighted by molar-refractivity contribution is 0.407. The van der Waals surface area contributed by atoms with Crippen LogP contribution in [0.5, 0.6) is 0 Å². The smallest absolute Gasteiger partial charge is 0.00640 e.